The van der Waals surface area contributed by atoms with Crippen LogP contribution in [0.5, 0.6) is 0 Å². The lowest BCUT2D eigenvalue weighted by atomic mass is 9.99. The van der Waals surface area contributed by atoms with Gasteiger partial charge in [-0.1, -0.05) is 32.0 Å². The van der Waals surface area contributed by atoms with Crippen LogP contribution in [0.1, 0.15) is 37.5 Å². The van der Waals surface area contributed by atoms with Crippen LogP contribution >= 0.6 is 0 Å². The van der Waals surface area contributed by atoms with Crippen molar-refractivity contribution < 1.29 is 19.5 Å². The van der Waals surface area contributed by atoms with E-state index in [1.807, 2.05) is 51.0 Å². The second kappa shape index (κ2) is 10.5. The van der Waals surface area contributed by atoms with Crippen molar-refractivity contribution >= 4 is 34.8 Å². The molecule has 0 saturated carbocycles. The van der Waals surface area contributed by atoms with Crippen LogP contribution in [0.4, 0.5) is 17.1 Å². The predicted octanol–water partition coefficient (Wildman–Crippen LogP) is 2.48. The second-order valence-corrected chi connectivity index (χ2v) is 8.76. The monoisotopic (exact) mass is 452 g/mol. The lowest BCUT2D eigenvalue weighted by molar-refractivity contribution is -0.136. The van der Waals surface area contributed by atoms with Gasteiger partial charge < -0.3 is 25.5 Å². The van der Waals surface area contributed by atoms with Crippen LogP contribution in [0.2, 0.25) is 0 Å². The first-order chi connectivity index (χ1) is 15.7. The SMILES string of the molecule is CC(C)C(=O)N1CCCc2ccc(NC(=O)C(=O)NCC(O)c3ccc(N(C)C)cc3)cc21. The molecule has 1 aliphatic heterocycles. The molecular formula is C25H32N4O4. The third-order valence-corrected chi connectivity index (χ3v) is 5.68. The molecule has 176 valence electrons. The largest absolute Gasteiger partial charge is 0.387 e. The molecule has 1 aliphatic rings. The summed E-state index contributed by atoms with van der Waals surface area (Å²) in [5.74, 6) is -1.77. The Bertz CT molecular complexity index is 1020. The number of carbonyl (C=O) groups excluding carboxylic acids is 3. The Balaban J connectivity index is 1.60. The molecule has 0 bridgehead atoms. The van der Waals surface area contributed by atoms with Crippen LogP contribution in [-0.4, -0.2) is 50.0 Å². The number of nitrogens with zero attached hydrogens (tertiary/aromatic N) is 2. The van der Waals surface area contributed by atoms with Crippen LogP contribution in [0, 0.1) is 5.92 Å². The molecule has 0 radical (unpaired) electrons. The minimum absolute atomic E-state index is 0.0322. The number of hydrogen-bond acceptors (Lipinski definition) is 5. The molecule has 8 heteroatoms. The number of aliphatic hydroxyl groups is 1. The molecule has 0 spiro atoms. The Morgan fingerprint density at radius 3 is 2.39 bits per heavy atom. The highest BCUT2D eigenvalue weighted by Crippen LogP contribution is 2.31. The van der Waals surface area contributed by atoms with Gasteiger partial charge in [0.2, 0.25) is 5.91 Å². The van der Waals surface area contributed by atoms with E-state index in [-0.39, 0.29) is 18.4 Å². The van der Waals surface area contributed by atoms with Gasteiger partial charge in [0.1, 0.15) is 0 Å². The van der Waals surface area contributed by atoms with Gasteiger partial charge in [0.15, 0.2) is 0 Å². The molecule has 2 aromatic carbocycles. The lowest BCUT2D eigenvalue weighted by Crippen LogP contribution is -2.39. The molecule has 2 aromatic rings. The van der Waals surface area contributed by atoms with E-state index in [9.17, 15) is 19.5 Å². The first-order valence-electron chi connectivity index (χ1n) is 11.2. The average molecular weight is 453 g/mol. The number of anilines is 3. The van der Waals surface area contributed by atoms with Crippen molar-refractivity contribution in [2.24, 2.45) is 5.92 Å². The van der Waals surface area contributed by atoms with Gasteiger partial charge in [0.25, 0.3) is 0 Å². The fourth-order valence-corrected chi connectivity index (χ4v) is 3.76. The quantitative estimate of drug-likeness (QED) is 0.585. The maximum atomic E-state index is 12.6. The first-order valence-corrected chi connectivity index (χ1v) is 11.2. The first kappa shape index (κ1) is 24.3. The molecule has 3 amide bonds. The zero-order chi connectivity index (χ0) is 24.1. The molecule has 0 aliphatic carbocycles. The average Bonchev–Trinajstić information content (AvgIpc) is 2.81. The molecule has 3 N–H and O–H groups in total. The lowest BCUT2D eigenvalue weighted by Gasteiger charge is -2.31. The van der Waals surface area contributed by atoms with Crippen molar-refractivity contribution in [3.8, 4) is 0 Å². The highest BCUT2D eigenvalue weighted by atomic mass is 16.3. The number of aryl methyl sites for hydroxylation is 1. The van der Waals surface area contributed by atoms with E-state index in [0.717, 1.165) is 29.8 Å². The molecule has 33 heavy (non-hydrogen) atoms. The Kier molecular flexibility index (Phi) is 7.71. The van der Waals surface area contributed by atoms with Gasteiger partial charge in [-0.3, -0.25) is 14.4 Å². The van der Waals surface area contributed by atoms with Crippen molar-refractivity contribution in [3.63, 3.8) is 0 Å². The highest BCUT2D eigenvalue weighted by molar-refractivity contribution is 6.39. The minimum atomic E-state index is -0.933. The fourth-order valence-electron chi connectivity index (χ4n) is 3.76. The Labute approximate surface area is 194 Å². The van der Waals surface area contributed by atoms with Gasteiger partial charge in [-0.15, -0.1) is 0 Å². The van der Waals surface area contributed by atoms with Crippen molar-refractivity contribution in [2.75, 3.05) is 42.3 Å². The number of aliphatic hydroxyl groups excluding tert-OH is 1. The van der Waals surface area contributed by atoms with Crippen molar-refractivity contribution in [1.82, 2.24) is 5.32 Å². The molecule has 3 rings (SSSR count). The number of amides is 3. The van der Waals surface area contributed by atoms with Crippen molar-refractivity contribution in [2.45, 2.75) is 32.8 Å². The highest BCUT2D eigenvalue weighted by Gasteiger charge is 2.25. The number of hydrogen-bond donors (Lipinski definition) is 3. The molecule has 1 atom stereocenters. The third-order valence-electron chi connectivity index (χ3n) is 5.68. The predicted molar refractivity (Wildman–Crippen MR) is 129 cm³/mol. The van der Waals surface area contributed by atoms with Crippen LogP contribution in [-0.2, 0) is 20.8 Å². The summed E-state index contributed by atoms with van der Waals surface area (Å²) in [6.07, 6.45) is 0.816. The summed E-state index contributed by atoms with van der Waals surface area (Å²) in [4.78, 5) is 40.9. The van der Waals surface area contributed by atoms with Crippen LogP contribution in [0.3, 0.4) is 0 Å². The van der Waals surface area contributed by atoms with Crippen LogP contribution < -0.4 is 20.4 Å². The molecule has 0 aromatic heterocycles. The number of fused-ring (bicyclic) bond motifs is 1. The Morgan fingerprint density at radius 2 is 1.76 bits per heavy atom. The summed E-state index contributed by atoms with van der Waals surface area (Å²) in [6, 6.07) is 12.7. The maximum Gasteiger partial charge on any atom is 0.313 e. The second-order valence-electron chi connectivity index (χ2n) is 8.76. The van der Waals surface area contributed by atoms with Crippen LogP contribution in [0.15, 0.2) is 42.5 Å². The van der Waals surface area contributed by atoms with E-state index in [0.29, 0.717) is 17.8 Å². The van der Waals surface area contributed by atoms with Gasteiger partial charge >= 0.3 is 11.8 Å². The molecular weight excluding hydrogens is 420 g/mol. The van der Waals surface area contributed by atoms with E-state index in [1.165, 1.54) is 0 Å². The molecule has 0 saturated heterocycles. The Hall–Kier alpha value is -3.39. The standard InChI is InChI=1S/C25H32N4O4/c1-16(2)25(33)29-13-5-6-17-7-10-19(14-21(17)29)27-24(32)23(31)26-15-22(30)18-8-11-20(12-9-18)28(3)4/h7-12,14,16,22,30H,5-6,13,15H2,1-4H3,(H,26,31)(H,27,32). The smallest absolute Gasteiger partial charge is 0.313 e. The van der Waals surface area contributed by atoms with E-state index in [2.05, 4.69) is 10.6 Å². The minimum Gasteiger partial charge on any atom is -0.387 e. The fraction of sp³-hybridized carbons (Fsp3) is 0.400. The van der Waals surface area contributed by atoms with Gasteiger partial charge in [0.05, 0.1) is 6.10 Å². The number of benzene rings is 2. The van der Waals surface area contributed by atoms with E-state index in [1.54, 1.807) is 29.2 Å². The third kappa shape index (κ3) is 5.90. The van der Waals surface area contributed by atoms with Gasteiger partial charge in [-0.05, 0) is 48.2 Å². The van der Waals surface area contributed by atoms with E-state index < -0.39 is 17.9 Å². The van der Waals surface area contributed by atoms with E-state index >= 15 is 0 Å². The molecule has 1 unspecified atom stereocenters. The number of rotatable bonds is 6. The van der Waals surface area contributed by atoms with Crippen molar-refractivity contribution in [3.05, 3.63) is 53.6 Å². The Morgan fingerprint density at radius 1 is 1.06 bits per heavy atom. The summed E-state index contributed by atoms with van der Waals surface area (Å²) in [5.41, 5.74) is 3.90. The molecule has 8 nitrogen and oxygen atoms in total. The molecule has 1 heterocycles. The summed E-state index contributed by atoms with van der Waals surface area (Å²) in [5, 5.41) is 15.4. The summed E-state index contributed by atoms with van der Waals surface area (Å²) in [6.45, 7) is 4.26. The summed E-state index contributed by atoms with van der Waals surface area (Å²) in [7, 11) is 3.85. The number of carbonyl (C=O) groups is 3. The topological polar surface area (TPSA) is 102 Å². The zero-order valence-electron chi connectivity index (χ0n) is 19.6. The maximum absolute atomic E-state index is 12.6. The van der Waals surface area contributed by atoms with Gasteiger partial charge in [-0.2, -0.15) is 0 Å². The van der Waals surface area contributed by atoms with Crippen LogP contribution in [0.25, 0.3) is 0 Å². The normalized spacial score (nSPS) is 13.8. The van der Waals surface area contributed by atoms with Gasteiger partial charge in [-0.25, -0.2) is 0 Å². The van der Waals surface area contributed by atoms with Gasteiger partial charge in [0, 0.05) is 50.2 Å². The summed E-state index contributed by atoms with van der Waals surface area (Å²) < 4.78 is 0. The van der Waals surface area contributed by atoms with Crippen molar-refractivity contribution in [1.29, 1.82) is 0 Å². The number of nitrogens with one attached hydrogen (secondary N) is 2. The summed E-state index contributed by atoms with van der Waals surface area (Å²) >= 11 is 0. The zero-order valence-corrected chi connectivity index (χ0v) is 19.6. The van der Waals surface area contributed by atoms with E-state index in [4.69, 9.17) is 0 Å². The molecule has 0 fully saturated rings.